The van der Waals surface area contributed by atoms with E-state index in [1.165, 1.54) is 11.3 Å². The average molecular weight is 647 g/mol. The van der Waals surface area contributed by atoms with Crippen molar-refractivity contribution >= 4 is 44.9 Å². The summed E-state index contributed by atoms with van der Waals surface area (Å²) >= 11 is 4.76. The summed E-state index contributed by atoms with van der Waals surface area (Å²) in [6.07, 6.45) is 3.44. The quantitative estimate of drug-likeness (QED) is 0.252. The molecule has 0 unspecified atom stereocenters. The summed E-state index contributed by atoms with van der Waals surface area (Å²) in [5, 5.41) is 2.96. The Morgan fingerprint density at radius 3 is 2.52 bits per heavy atom. The highest BCUT2D eigenvalue weighted by molar-refractivity contribution is 9.10. The first-order valence-electron chi connectivity index (χ1n) is 13.0. The molecule has 4 aromatic rings. The number of para-hydroxylation sites is 1. The van der Waals surface area contributed by atoms with Gasteiger partial charge < -0.3 is 19.5 Å². The second-order valence-electron chi connectivity index (χ2n) is 9.30. The van der Waals surface area contributed by atoms with Crippen molar-refractivity contribution in [3.05, 3.63) is 126 Å². The molecule has 1 atom stereocenters. The third-order valence-corrected chi connectivity index (χ3v) is 8.11. The first-order chi connectivity index (χ1) is 20.3. The minimum atomic E-state index is -0.772. The normalized spacial score (nSPS) is 14.6. The highest BCUT2D eigenvalue weighted by Crippen LogP contribution is 2.36. The number of amides is 1. The molecule has 5 rings (SSSR count). The van der Waals surface area contributed by atoms with E-state index in [9.17, 15) is 9.59 Å². The number of fused-ring (bicyclic) bond motifs is 1. The molecule has 1 aliphatic rings. The zero-order valence-electron chi connectivity index (χ0n) is 23.2. The van der Waals surface area contributed by atoms with Crippen molar-refractivity contribution in [3.63, 3.8) is 0 Å². The van der Waals surface area contributed by atoms with Crippen molar-refractivity contribution in [1.82, 2.24) is 4.57 Å². The molecule has 2 heterocycles. The van der Waals surface area contributed by atoms with Crippen molar-refractivity contribution < 1.29 is 19.0 Å². The van der Waals surface area contributed by atoms with Crippen LogP contribution in [0.25, 0.3) is 6.08 Å². The monoisotopic (exact) mass is 645 g/mol. The molecule has 0 fully saturated rings. The summed E-state index contributed by atoms with van der Waals surface area (Å²) in [5.74, 6) is 1.27. The van der Waals surface area contributed by atoms with Gasteiger partial charge in [0.15, 0.2) is 16.3 Å². The summed E-state index contributed by atoms with van der Waals surface area (Å²) < 4.78 is 19.7. The van der Waals surface area contributed by atoms with E-state index < -0.39 is 6.04 Å². The van der Waals surface area contributed by atoms with Crippen LogP contribution in [0.1, 0.15) is 24.1 Å². The largest absolute Gasteiger partial charge is 0.493 e. The lowest BCUT2D eigenvalue weighted by Crippen LogP contribution is -2.40. The molecule has 0 spiro atoms. The number of allylic oxidation sites excluding steroid dienone is 1. The molecule has 214 valence electrons. The summed E-state index contributed by atoms with van der Waals surface area (Å²) in [6, 6.07) is 19.3. The second-order valence-corrected chi connectivity index (χ2v) is 11.2. The molecule has 1 N–H and O–H groups in total. The molecule has 0 bridgehead atoms. The van der Waals surface area contributed by atoms with Crippen LogP contribution < -0.4 is 34.4 Å². The Kier molecular flexibility index (Phi) is 8.75. The standard InChI is InChI=1S/C32H28BrN3O5S/c1-5-15-41-24-14-12-22(33)16-21(24)18-27-31(38)36-29(20-11-13-25(39-3)26(17-20)40-4)28(19(2)34-32(36)42-27)30(37)35-23-9-7-6-8-10-23/h5-14,16-18,29H,1,15H2,2-4H3,(H,35,37)/b27-18-/t29-/m0/s1. The van der Waals surface area contributed by atoms with Gasteiger partial charge in [-0.05, 0) is 61.0 Å². The summed E-state index contributed by atoms with van der Waals surface area (Å²) in [5.41, 5.74) is 2.59. The van der Waals surface area contributed by atoms with E-state index in [-0.39, 0.29) is 11.5 Å². The van der Waals surface area contributed by atoms with E-state index in [4.69, 9.17) is 19.2 Å². The van der Waals surface area contributed by atoms with Gasteiger partial charge in [0.2, 0.25) is 0 Å². The van der Waals surface area contributed by atoms with Crippen LogP contribution in [0.4, 0.5) is 5.69 Å². The molecule has 0 radical (unpaired) electrons. The Bertz CT molecular complexity index is 1880. The van der Waals surface area contributed by atoms with Crippen LogP contribution in [0, 0.1) is 0 Å². The number of rotatable bonds is 9. The van der Waals surface area contributed by atoms with Gasteiger partial charge in [0.05, 0.1) is 36.1 Å². The van der Waals surface area contributed by atoms with Crippen LogP contribution >= 0.6 is 27.3 Å². The molecular weight excluding hydrogens is 618 g/mol. The molecule has 42 heavy (non-hydrogen) atoms. The number of halogens is 1. The van der Waals surface area contributed by atoms with E-state index in [1.807, 2.05) is 42.5 Å². The van der Waals surface area contributed by atoms with Gasteiger partial charge in [-0.15, -0.1) is 0 Å². The Labute approximate surface area is 255 Å². The molecule has 0 saturated carbocycles. The molecule has 10 heteroatoms. The average Bonchev–Trinajstić information content (AvgIpc) is 3.29. The Morgan fingerprint density at radius 1 is 1.07 bits per heavy atom. The van der Waals surface area contributed by atoms with Crippen LogP contribution in [0.5, 0.6) is 17.2 Å². The summed E-state index contributed by atoms with van der Waals surface area (Å²) in [4.78, 5) is 33.1. The summed E-state index contributed by atoms with van der Waals surface area (Å²) in [6.45, 7) is 5.82. The first kappa shape index (κ1) is 29.1. The van der Waals surface area contributed by atoms with E-state index >= 15 is 0 Å². The number of methoxy groups -OCH3 is 2. The van der Waals surface area contributed by atoms with Crippen molar-refractivity contribution in [1.29, 1.82) is 0 Å². The number of thiazole rings is 1. The molecular formula is C32H28BrN3O5S. The number of carbonyl (C=O) groups excluding carboxylic acids is 1. The van der Waals surface area contributed by atoms with E-state index in [0.29, 0.717) is 55.7 Å². The maximum atomic E-state index is 14.1. The Hall–Kier alpha value is -4.41. The van der Waals surface area contributed by atoms with Crippen LogP contribution in [0.15, 0.2) is 105 Å². The lowest BCUT2D eigenvalue weighted by molar-refractivity contribution is -0.113. The fourth-order valence-corrected chi connectivity index (χ4v) is 6.14. The number of nitrogens with one attached hydrogen (secondary N) is 1. The van der Waals surface area contributed by atoms with Crippen molar-refractivity contribution in [2.24, 2.45) is 4.99 Å². The lowest BCUT2D eigenvalue weighted by Gasteiger charge is -2.26. The third-order valence-electron chi connectivity index (χ3n) is 6.64. The van der Waals surface area contributed by atoms with Gasteiger partial charge in [0, 0.05) is 15.7 Å². The molecule has 8 nitrogen and oxygen atoms in total. The number of nitrogens with zero attached hydrogens (tertiary/aromatic N) is 2. The number of hydrogen-bond donors (Lipinski definition) is 1. The molecule has 1 amide bonds. The third kappa shape index (κ3) is 5.81. The van der Waals surface area contributed by atoms with E-state index in [2.05, 4.69) is 27.8 Å². The topological polar surface area (TPSA) is 91.1 Å². The van der Waals surface area contributed by atoms with Crippen LogP contribution in [0.2, 0.25) is 0 Å². The SMILES string of the molecule is C=CCOc1ccc(Br)cc1/C=c1\sc2n(c1=O)[C@@H](c1ccc(OC)c(OC)c1)C(C(=O)Nc1ccccc1)=C(C)N=2. The highest BCUT2D eigenvalue weighted by atomic mass is 79.9. The zero-order chi connectivity index (χ0) is 29.8. The minimum Gasteiger partial charge on any atom is -0.493 e. The van der Waals surface area contributed by atoms with Crippen LogP contribution in [-0.4, -0.2) is 31.3 Å². The van der Waals surface area contributed by atoms with Crippen LogP contribution in [0.3, 0.4) is 0 Å². The minimum absolute atomic E-state index is 0.286. The zero-order valence-corrected chi connectivity index (χ0v) is 25.6. The predicted molar refractivity (Wildman–Crippen MR) is 168 cm³/mol. The van der Waals surface area contributed by atoms with Crippen molar-refractivity contribution in [2.45, 2.75) is 13.0 Å². The van der Waals surface area contributed by atoms with Gasteiger partial charge in [-0.2, -0.15) is 0 Å². The molecule has 0 aliphatic carbocycles. The number of hydrogen-bond acceptors (Lipinski definition) is 7. The lowest BCUT2D eigenvalue weighted by atomic mass is 9.94. The predicted octanol–water partition coefficient (Wildman–Crippen LogP) is 5.22. The first-order valence-corrected chi connectivity index (χ1v) is 14.6. The van der Waals surface area contributed by atoms with E-state index in [0.717, 1.165) is 10.0 Å². The van der Waals surface area contributed by atoms with E-state index in [1.54, 1.807) is 62.1 Å². The number of carbonyl (C=O) groups is 1. The fraction of sp³-hybridized carbons (Fsp3) is 0.156. The number of benzene rings is 3. The van der Waals surface area contributed by atoms with Gasteiger partial charge in [-0.1, -0.05) is 64.2 Å². The molecule has 1 aliphatic heterocycles. The van der Waals surface area contributed by atoms with Gasteiger partial charge in [0.1, 0.15) is 12.4 Å². The van der Waals surface area contributed by atoms with Gasteiger partial charge in [-0.25, -0.2) is 4.99 Å². The second kappa shape index (κ2) is 12.6. The number of ether oxygens (including phenoxy) is 3. The molecule has 0 saturated heterocycles. The van der Waals surface area contributed by atoms with Crippen molar-refractivity contribution in [2.75, 3.05) is 26.1 Å². The molecule has 1 aromatic heterocycles. The fourth-order valence-electron chi connectivity index (χ4n) is 4.72. The maximum absolute atomic E-state index is 14.1. The van der Waals surface area contributed by atoms with Gasteiger partial charge in [0.25, 0.3) is 11.5 Å². The molecule has 3 aromatic carbocycles. The Balaban J connectivity index is 1.70. The smallest absolute Gasteiger partial charge is 0.271 e. The number of aromatic nitrogens is 1. The number of anilines is 1. The van der Waals surface area contributed by atoms with Gasteiger partial charge in [-0.3, -0.25) is 14.2 Å². The summed E-state index contributed by atoms with van der Waals surface area (Å²) in [7, 11) is 3.10. The Morgan fingerprint density at radius 2 is 1.81 bits per heavy atom. The van der Waals surface area contributed by atoms with Crippen LogP contribution in [-0.2, 0) is 4.79 Å². The van der Waals surface area contributed by atoms with Crippen molar-refractivity contribution in [3.8, 4) is 17.2 Å². The maximum Gasteiger partial charge on any atom is 0.271 e. The highest BCUT2D eigenvalue weighted by Gasteiger charge is 2.33. The van der Waals surface area contributed by atoms with Gasteiger partial charge >= 0.3 is 0 Å².